The van der Waals surface area contributed by atoms with Crippen LogP contribution in [0.3, 0.4) is 0 Å². The van der Waals surface area contributed by atoms with Crippen molar-refractivity contribution in [3.8, 4) is 0 Å². The van der Waals surface area contributed by atoms with Gasteiger partial charge in [-0.1, -0.05) is 0 Å². The molecule has 0 spiro atoms. The van der Waals surface area contributed by atoms with Gasteiger partial charge in [-0.05, 0) is 84.2 Å². The van der Waals surface area contributed by atoms with Crippen LogP contribution in [0.15, 0.2) is 12.7 Å². The quantitative estimate of drug-likeness (QED) is 0.549. The summed E-state index contributed by atoms with van der Waals surface area (Å²) in [7, 11) is 0. The SMILES string of the molecule is CC(=O)NC1CC(n2cnc3c(NCC4CCN(CC5CCN(C(=O)OC(C)(C)C)CC5)CC4)ncnc32)C1. The van der Waals surface area contributed by atoms with Crippen LogP contribution in [0, 0.1) is 11.8 Å². The van der Waals surface area contributed by atoms with Gasteiger partial charge in [0, 0.05) is 45.2 Å². The van der Waals surface area contributed by atoms with Crippen LogP contribution in [-0.2, 0) is 9.53 Å². The van der Waals surface area contributed by atoms with Gasteiger partial charge in [-0.25, -0.2) is 19.7 Å². The van der Waals surface area contributed by atoms with E-state index in [0.717, 1.165) is 81.9 Å². The van der Waals surface area contributed by atoms with Gasteiger partial charge in [0.05, 0.1) is 6.33 Å². The molecule has 11 nitrogen and oxygen atoms in total. The topological polar surface area (TPSA) is 118 Å². The molecule has 0 aromatic carbocycles. The van der Waals surface area contributed by atoms with E-state index in [4.69, 9.17) is 4.74 Å². The smallest absolute Gasteiger partial charge is 0.410 e. The summed E-state index contributed by atoms with van der Waals surface area (Å²) in [4.78, 5) is 41.7. The summed E-state index contributed by atoms with van der Waals surface area (Å²) in [5.74, 6) is 2.07. The van der Waals surface area contributed by atoms with Crippen LogP contribution >= 0.6 is 0 Å². The van der Waals surface area contributed by atoms with Crippen molar-refractivity contribution < 1.29 is 14.3 Å². The van der Waals surface area contributed by atoms with Crippen LogP contribution in [0.5, 0.6) is 0 Å². The first-order chi connectivity index (χ1) is 18.6. The molecule has 0 unspecified atom stereocenters. The maximum atomic E-state index is 12.3. The Kier molecular flexibility index (Phi) is 8.25. The van der Waals surface area contributed by atoms with Gasteiger partial charge in [-0.2, -0.15) is 0 Å². The molecule has 2 saturated heterocycles. The number of carbonyl (C=O) groups is 2. The van der Waals surface area contributed by atoms with Gasteiger partial charge < -0.3 is 29.7 Å². The van der Waals surface area contributed by atoms with Crippen molar-refractivity contribution in [1.82, 2.24) is 34.6 Å². The number of nitrogens with one attached hydrogen (secondary N) is 2. The number of hydrogen-bond donors (Lipinski definition) is 2. The standard InChI is InChI=1S/C28H44N8O3/c1-19(37)33-22-13-23(14-22)36-18-32-24-25(30-17-31-26(24)36)29-15-20-5-9-34(10-6-20)16-21-7-11-35(12-8-21)27(38)39-28(2,3)4/h17-18,20-23H,5-16H2,1-4H3,(H,33,37)(H,29,30,31). The zero-order valence-corrected chi connectivity index (χ0v) is 23.9. The number of carbonyl (C=O) groups excluding carboxylic acids is 2. The molecule has 0 atom stereocenters. The van der Waals surface area contributed by atoms with Crippen LogP contribution in [0.2, 0.25) is 0 Å². The van der Waals surface area contributed by atoms with Crippen molar-refractivity contribution in [3.63, 3.8) is 0 Å². The molecular formula is C28H44N8O3. The number of rotatable bonds is 7. The van der Waals surface area contributed by atoms with Gasteiger partial charge >= 0.3 is 6.09 Å². The molecule has 2 amide bonds. The Hall–Kier alpha value is -2.95. The van der Waals surface area contributed by atoms with Gasteiger partial charge in [0.15, 0.2) is 11.5 Å². The van der Waals surface area contributed by atoms with E-state index in [0.29, 0.717) is 17.9 Å². The van der Waals surface area contributed by atoms with E-state index >= 15 is 0 Å². The summed E-state index contributed by atoms with van der Waals surface area (Å²) < 4.78 is 7.65. The average Bonchev–Trinajstić information content (AvgIpc) is 3.29. The lowest BCUT2D eigenvalue weighted by Gasteiger charge is -2.38. The van der Waals surface area contributed by atoms with Crippen LogP contribution in [0.4, 0.5) is 10.6 Å². The van der Waals surface area contributed by atoms with Crippen molar-refractivity contribution in [3.05, 3.63) is 12.7 Å². The highest BCUT2D eigenvalue weighted by molar-refractivity contribution is 5.82. The minimum atomic E-state index is -0.441. The highest BCUT2D eigenvalue weighted by Crippen LogP contribution is 2.35. The van der Waals surface area contributed by atoms with Gasteiger partial charge in [0.1, 0.15) is 17.4 Å². The molecule has 3 aliphatic rings. The lowest BCUT2D eigenvalue weighted by atomic mass is 9.86. The van der Waals surface area contributed by atoms with E-state index < -0.39 is 5.60 Å². The van der Waals surface area contributed by atoms with E-state index in [9.17, 15) is 9.59 Å². The predicted octanol–water partition coefficient (Wildman–Crippen LogP) is 3.44. The Labute approximate surface area is 231 Å². The summed E-state index contributed by atoms with van der Waals surface area (Å²) in [6.07, 6.45) is 9.52. The molecule has 0 radical (unpaired) electrons. The Morgan fingerprint density at radius 2 is 1.69 bits per heavy atom. The third kappa shape index (κ3) is 6.98. The number of likely N-dealkylation sites (tertiary alicyclic amines) is 2. The van der Waals surface area contributed by atoms with Crippen molar-refractivity contribution in [2.45, 2.75) is 83.9 Å². The first-order valence-electron chi connectivity index (χ1n) is 14.5. The second-order valence-electron chi connectivity index (χ2n) is 12.6. The van der Waals surface area contributed by atoms with Crippen molar-refractivity contribution in [1.29, 1.82) is 0 Å². The molecule has 2 aromatic heterocycles. The summed E-state index contributed by atoms with van der Waals surface area (Å²) >= 11 is 0. The zero-order valence-electron chi connectivity index (χ0n) is 23.9. The molecule has 4 heterocycles. The number of fused-ring (bicyclic) bond motifs is 1. The summed E-state index contributed by atoms with van der Waals surface area (Å²) in [5.41, 5.74) is 1.23. The number of anilines is 1. The highest BCUT2D eigenvalue weighted by atomic mass is 16.6. The second kappa shape index (κ2) is 11.7. The van der Waals surface area contributed by atoms with Gasteiger partial charge in [0.25, 0.3) is 0 Å². The Bertz CT molecular complexity index is 1140. The number of imidazole rings is 1. The molecule has 2 aliphatic heterocycles. The van der Waals surface area contributed by atoms with E-state index in [1.54, 1.807) is 13.3 Å². The number of amides is 2. The molecular weight excluding hydrogens is 496 g/mol. The van der Waals surface area contributed by atoms with Crippen LogP contribution in [0.1, 0.15) is 72.3 Å². The number of nitrogens with zero attached hydrogens (tertiary/aromatic N) is 6. The molecule has 2 N–H and O–H groups in total. The number of aromatic nitrogens is 4. The predicted molar refractivity (Wildman–Crippen MR) is 149 cm³/mol. The Morgan fingerprint density at radius 3 is 2.36 bits per heavy atom. The molecule has 1 saturated carbocycles. The molecule has 3 fully saturated rings. The maximum Gasteiger partial charge on any atom is 0.410 e. The number of hydrogen-bond acceptors (Lipinski definition) is 8. The molecule has 2 aromatic rings. The lowest BCUT2D eigenvalue weighted by Crippen LogP contribution is -2.45. The summed E-state index contributed by atoms with van der Waals surface area (Å²) in [6.45, 7) is 13.1. The molecule has 11 heteroatoms. The van der Waals surface area contributed by atoms with Gasteiger partial charge in [-0.15, -0.1) is 0 Å². The zero-order chi connectivity index (χ0) is 27.6. The van der Waals surface area contributed by atoms with E-state index in [1.807, 2.05) is 32.0 Å². The first-order valence-corrected chi connectivity index (χ1v) is 14.5. The molecule has 5 rings (SSSR count). The minimum absolute atomic E-state index is 0.0224. The van der Waals surface area contributed by atoms with E-state index in [2.05, 4.69) is 35.1 Å². The third-order valence-corrected chi connectivity index (χ3v) is 8.32. The van der Waals surface area contributed by atoms with Gasteiger partial charge in [0.2, 0.25) is 5.91 Å². The minimum Gasteiger partial charge on any atom is -0.444 e. The summed E-state index contributed by atoms with van der Waals surface area (Å²) in [5, 5.41) is 6.54. The summed E-state index contributed by atoms with van der Waals surface area (Å²) in [6, 6.07) is 0.545. The van der Waals surface area contributed by atoms with Crippen LogP contribution < -0.4 is 10.6 Å². The monoisotopic (exact) mass is 540 g/mol. The Balaban J connectivity index is 1.04. The fraction of sp³-hybridized carbons (Fsp3) is 0.750. The molecule has 214 valence electrons. The fourth-order valence-electron chi connectivity index (χ4n) is 6.07. The van der Waals surface area contributed by atoms with Crippen molar-refractivity contribution >= 4 is 29.0 Å². The highest BCUT2D eigenvalue weighted by Gasteiger charge is 2.33. The largest absolute Gasteiger partial charge is 0.444 e. The molecule has 1 aliphatic carbocycles. The maximum absolute atomic E-state index is 12.3. The number of ether oxygens (including phenoxy) is 1. The van der Waals surface area contributed by atoms with Crippen LogP contribution in [-0.4, -0.2) is 92.2 Å². The van der Waals surface area contributed by atoms with Gasteiger partial charge in [-0.3, -0.25) is 4.79 Å². The average molecular weight is 541 g/mol. The first kappa shape index (κ1) is 27.6. The van der Waals surface area contributed by atoms with Crippen LogP contribution in [0.25, 0.3) is 11.2 Å². The number of piperidine rings is 2. The second-order valence-corrected chi connectivity index (χ2v) is 12.6. The Morgan fingerprint density at radius 1 is 1.00 bits per heavy atom. The molecule has 0 bridgehead atoms. The fourth-order valence-corrected chi connectivity index (χ4v) is 6.07. The normalized spacial score (nSPS) is 23.4. The van der Waals surface area contributed by atoms with Crippen molar-refractivity contribution in [2.24, 2.45) is 11.8 Å². The van der Waals surface area contributed by atoms with E-state index in [-0.39, 0.29) is 18.0 Å². The third-order valence-electron chi connectivity index (χ3n) is 8.32. The lowest BCUT2D eigenvalue weighted by molar-refractivity contribution is -0.120. The van der Waals surface area contributed by atoms with Crippen molar-refractivity contribution in [2.75, 3.05) is 44.6 Å². The molecule has 39 heavy (non-hydrogen) atoms. The van der Waals surface area contributed by atoms with E-state index in [1.165, 1.54) is 12.8 Å².